The summed E-state index contributed by atoms with van der Waals surface area (Å²) in [4.78, 5) is 28.0. The first-order chi connectivity index (χ1) is 18.3. The summed E-state index contributed by atoms with van der Waals surface area (Å²) < 4.78 is 28.1. The van der Waals surface area contributed by atoms with Gasteiger partial charge in [0.1, 0.15) is 11.9 Å². The molecule has 11 heteroatoms. The van der Waals surface area contributed by atoms with Crippen LogP contribution in [0.5, 0.6) is 0 Å². The van der Waals surface area contributed by atoms with Gasteiger partial charge in [-0.15, -0.1) is 0 Å². The van der Waals surface area contributed by atoms with Crippen molar-refractivity contribution >= 4 is 38.4 Å². The fourth-order valence-corrected chi connectivity index (χ4v) is 5.50. The number of likely N-dealkylation sites (tertiary alicyclic amines) is 1. The van der Waals surface area contributed by atoms with E-state index in [0.29, 0.717) is 18.7 Å². The Labute approximate surface area is 222 Å². The fourth-order valence-electron chi connectivity index (χ4n) is 4.48. The molecule has 1 aliphatic rings. The number of fused-ring (bicyclic) bond motifs is 1. The van der Waals surface area contributed by atoms with E-state index in [4.69, 9.17) is 11.6 Å². The molecule has 1 atom stereocenters. The van der Waals surface area contributed by atoms with Gasteiger partial charge in [-0.1, -0.05) is 54.6 Å². The van der Waals surface area contributed by atoms with Gasteiger partial charge in [0.2, 0.25) is 21.8 Å². The maximum atomic E-state index is 13.3. The average Bonchev–Trinajstić information content (AvgIpc) is 2.95. The average molecular weight is 537 g/mol. The van der Waals surface area contributed by atoms with E-state index in [-0.39, 0.29) is 23.1 Å². The third-order valence-electron chi connectivity index (χ3n) is 6.58. The van der Waals surface area contributed by atoms with Gasteiger partial charge in [0, 0.05) is 25.1 Å². The number of amidine groups is 1. The zero-order valence-corrected chi connectivity index (χ0v) is 21.8. The van der Waals surface area contributed by atoms with Crippen LogP contribution in [0.15, 0.2) is 76.7 Å². The van der Waals surface area contributed by atoms with Crippen molar-refractivity contribution < 1.29 is 18.0 Å². The van der Waals surface area contributed by atoms with Crippen molar-refractivity contribution in [3.05, 3.63) is 77.9 Å². The van der Waals surface area contributed by atoms with Gasteiger partial charge in [-0.25, -0.2) is 13.1 Å². The maximum absolute atomic E-state index is 13.3. The monoisotopic (exact) mass is 536 g/mol. The van der Waals surface area contributed by atoms with Gasteiger partial charge in [0.15, 0.2) is 0 Å². The zero-order valence-electron chi connectivity index (χ0n) is 21.0. The molecule has 0 radical (unpaired) electrons. The van der Waals surface area contributed by atoms with Crippen molar-refractivity contribution in [3.8, 4) is 0 Å². The predicted octanol–water partition coefficient (Wildman–Crippen LogP) is 1.44. The molecule has 3 aromatic carbocycles. The van der Waals surface area contributed by atoms with E-state index in [0.717, 1.165) is 35.6 Å². The molecule has 10 nitrogen and oxygen atoms in total. The number of rotatable bonds is 9. The van der Waals surface area contributed by atoms with Gasteiger partial charge in [0.05, 0.1) is 11.4 Å². The first-order valence-electron chi connectivity index (χ1n) is 12.5. The Morgan fingerprint density at radius 1 is 0.947 bits per heavy atom. The van der Waals surface area contributed by atoms with Crippen LogP contribution in [0.4, 0.5) is 0 Å². The summed E-state index contributed by atoms with van der Waals surface area (Å²) >= 11 is 0. The normalized spacial score (nSPS) is 15.3. The van der Waals surface area contributed by atoms with E-state index in [1.54, 1.807) is 41.3 Å². The largest absolute Gasteiger partial charge is 0.382 e. The summed E-state index contributed by atoms with van der Waals surface area (Å²) in [6.07, 6.45) is 3.11. The van der Waals surface area contributed by atoms with Gasteiger partial charge in [0.25, 0.3) is 0 Å². The van der Waals surface area contributed by atoms with Gasteiger partial charge < -0.3 is 21.8 Å². The summed E-state index contributed by atoms with van der Waals surface area (Å²) in [5.74, 6) is 4.63. The summed E-state index contributed by atoms with van der Waals surface area (Å²) in [6.45, 7) is 0.756. The first kappa shape index (κ1) is 27.1. The second kappa shape index (κ2) is 12.1. The Kier molecular flexibility index (Phi) is 8.59. The van der Waals surface area contributed by atoms with Crippen LogP contribution in [0.1, 0.15) is 30.4 Å². The molecule has 1 aliphatic heterocycles. The molecule has 0 unspecified atom stereocenters. The lowest BCUT2D eigenvalue weighted by Gasteiger charge is -2.31. The number of hydrazone groups is 1. The van der Waals surface area contributed by atoms with E-state index in [9.17, 15) is 18.0 Å². The number of carbonyl (C=O) groups is 2. The summed E-state index contributed by atoms with van der Waals surface area (Å²) in [6, 6.07) is 18.4. The molecule has 0 aliphatic carbocycles. The lowest BCUT2D eigenvalue weighted by molar-refractivity contribution is -0.137. The smallest absolute Gasteiger partial charge is 0.245 e. The molecule has 4 rings (SSSR count). The molecule has 1 fully saturated rings. The topological polar surface area (TPSA) is 160 Å². The van der Waals surface area contributed by atoms with Crippen molar-refractivity contribution in [1.82, 2.24) is 14.9 Å². The standard InChI is InChI=1S/C27H32N6O4S/c28-26(32-29)21-10-8-19(9-11-21)16-24(27(35)33-14-4-1-5-15-33)31-25(34)18-30-38(36,37)23-13-12-20-6-2-3-7-22(20)17-23/h2-3,6-13,17,24,30H,1,4-5,14-16,18,29H2,(H2,28,32)(H,31,34)/t24-/m1/s1. The number of sulfonamides is 1. The highest BCUT2D eigenvalue weighted by molar-refractivity contribution is 7.89. The Balaban J connectivity index is 1.45. The fraction of sp³-hybridized carbons (Fsp3) is 0.296. The summed E-state index contributed by atoms with van der Waals surface area (Å²) in [7, 11) is -3.94. The van der Waals surface area contributed by atoms with Crippen LogP contribution in [-0.2, 0) is 26.0 Å². The van der Waals surface area contributed by atoms with Crippen molar-refractivity contribution in [3.63, 3.8) is 0 Å². The molecule has 1 saturated heterocycles. The van der Waals surface area contributed by atoms with E-state index >= 15 is 0 Å². The maximum Gasteiger partial charge on any atom is 0.245 e. The number of nitrogens with zero attached hydrogens (tertiary/aromatic N) is 2. The highest BCUT2D eigenvalue weighted by Crippen LogP contribution is 2.19. The molecule has 0 aromatic heterocycles. The molecule has 0 saturated carbocycles. The van der Waals surface area contributed by atoms with Crippen LogP contribution in [0, 0.1) is 0 Å². The molecule has 200 valence electrons. The SMILES string of the molecule is N/N=C(\N)c1ccc(C[C@@H](NC(=O)CNS(=O)(=O)c2ccc3ccccc3c2)C(=O)N2CCCCC2)cc1. The minimum absolute atomic E-state index is 0.0605. The second-order valence-corrected chi connectivity index (χ2v) is 11.0. The number of nitrogens with one attached hydrogen (secondary N) is 2. The van der Waals surface area contributed by atoms with Crippen molar-refractivity contribution in [2.75, 3.05) is 19.6 Å². The van der Waals surface area contributed by atoms with Gasteiger partial charge in [-0.2, -0.15) is 5.10 Å². The Morgan fingerprint density at radius 3 is 2.32 bits per heavy atom. The number of hydrogen-bond acceptors (Lipinski definition) is 6. The van der Waals surface area contributed by atoms with Crippen molar-refractivity contribution in [2.45, 2.75) is 36.6 Å². The molecule has 1 heterocycles. The number of hydrogen-bond donors (Lipinski definition) is 4. The minimum atomic E-state index is -3.94. The lowest BCUT2D eigenvalue weighted by Crippen LogP contribution is -2.52. The van der Waals surface area contributed by atoms with Crippen LogP contribution < -0.4 is 21.6 Å². The molecular weight excluding hydrogens is 504 g/mol. The van der Waals surface area contributed by atoms with Crippen LogP contribution in [0.25, 0.3) is 10.8 Å². The van der Waals surface area contributed by atoms with Gasteiger partial charge in [-0.05, 0) is 47.7 Å². The van der Waals surface area contributed by atoms with E-state index in [1.807, 2.05) is 24.3 Å². The molecule has 6 N–H and O–H groups in total. The van der Waals surface area contributed by atoms with Gasteiger partial charge >= 0.3 is 0 Å². The van der Waals surface area contributed by atoms with Crippen LogP contribution in [-0.4, -0.2) is 56.6 Å². The molecule has 38 heavy (non-hydrogen) atoms. The minimum Gasteiger partial charge on any atom is -0.382 e. The molecule has 0 bridgehead atoms. The summed E-state index contributed by atoms with van der Waals surface area (Å²) in [5.41, 5.74) is 7.18. The lowest BCUT2D eigenvalue weighted by atomic mass is 10.0. The number of nitrogens with two attached hydrogens (primary N) is 2. The highest BCUT2D eigenvalue weighted by atomic mass is 32.2. The zero-order chi connectivity index (χ0) is 27.1. The third-order valence-corrected chi connectivity index (χ3v) is 7.98. The van der Waals surface area contributed by atoms with Crippen molar-refractivity contribution in [2.24, 2.45) is 16.7 Å². The molecule has 2 amide bonds. The number of carbonyl (C=O) groups excluding carboxylic acids is 2. The quantitative estimate of drug-likeness (QED) is 0.140. The molecule has 3 aromatic rings. The highest BCUT2D eigenvalue weighted by Gasteiger charge is 2.28. The Hall–Kier alpha value is -3.96. The number of piperidine rings is 1. The molecule has 0 spiro atoms. The number of amides is 2. The molecular formula is C27H32N6O4S. The van der Waals surface area contributed by atoms with Crippen molar-refractivity contribution in [1.29, 1.82) is 0 Å². The van der Waals surface area contributed by atoms with E-state index in [1.165, 1.54) is 6.07 Å². The third kappa shape index (κ3) is 6.67. The predicted molar refractivity (Wildman–Crippen MR) is 147 cm³/mol. The Morgan fingerprint density at radius 2 is 1.63 bits per heavy atom. The van der Waals surface area contributed by atoms with E-state index < -0.39 is 28.5 Å². The summed E-state index contributed by atoms with van der Waals surface area (Å²) in [5, 5.41) is 7.90. The second-order valence-electron chi connectivity index (χ2n) is 9.25. The van der Waals surface area contributed by atoms with Crippen LogP contribution in [0.3, 0.4) is 0 Å². The Bertz CT molecular complexity index is 1430. The number of benzene rings is 3. The van der Waals surface area contributed by atoms with Crippen LogP contribution >= 0.6 is 0 Å². The van der Waals surface area contributed by atoms with Gasteiger partial charge in [-0.3, -0.25) is 9.59 Å². The van der Waals surface area contributed by atoms with Crippen LogP contribution in [0.2, 0.25) is 0 Å². The van der Waals surface area contributed by atoms with E-state index in [2.05, 4.69) is 15.1 Å². The first-order valence-corrected chi connectivity index (χ1v) is 13.9.